The fraction of sp³-hybridized carbons (Fsp3) is 0.333. The summed E-state index contributed by atoms with van der Waals surface area (Å²) in [7, 11) is 0. The first-order valence-corrected chi connectivity index (χ1v) is 4.56. The number of ether oxygens (including phenoxy) is 1. The molecule has 0 aliphatic heterocycles. The summed E-state index contributed by atoms with van der Waals surface area (Å²) in [6, 6.07) is 3.31. The zero-order chi connectivity index (χ0) is 10.4. The number of hydrogen-bond donors (Lipinski definition) is 0. The predicted octanol–water partition coefficient (Wildman–Crippen LogP) is 2.48. The molecule has 0 saturated carbocycles. The molecule has 0 amide bonds. The van der Waals surface area contributed by atoms with Gasteiger partial charge < -0.3 is 9.57 Å². The molecular weight excluding hydrogens is 204 g/mol. The summed E-state index contributed by atoms with van der Waals surface area (Å²) in [5.74, 6) is 0.845. The van der Waals surface area contributed by atoms with Gasteiger partial charge in [-0.2, -0.15) is 0 Å². The monoisotopic (exact) mass is 214 g/mol. The Morgan fingerprint density at radius 3 is 2.93 bits per heavy atom. The van der Waals surface area contributed by atoms with Crippen LogP contribution in [-0.4, -0.2) is 17.5 Å². The predicted molar refractivity (Wildman–Crippen MR) is 54.6 cm³/mol. The third-order valence-electron chi connectivity index (χ3n) is 1.32. The lowest BCUT2D eigenvalue weighted by molar-refractivity contribution is 0.270. The molecule has 1 aromatic rings. The van der Waals surface area contributed by atoms with Crippen LogP contribution in [-0.2, 0) is 4.74 Å². The third-order valence-corrected chi connectivity index (χ3v) is 1.54. The van der Waals surface area contributed by atoms with E-state index in [-0.39, 0.29) is 0 Å². The number of oxime groups is 1. The van der Waals surface area contributed by atoms with Crippen molar-refractivity contribution in [2.45, 2.75) is 13.8 Å². The minimum Gasteiger partial charge on any atom is -0.479 e. The van der Waals surface area contributed by atoms with Crippen LogP contribution in [0.2, 0.25) is 5.02 Å². The van der Waals surface area contributed by atoms with Crippen molar-refractivity contribution < 1.29 is 9.57 Å². The highest BCUT2D eigenvalue weighted by Crippen LogP contribution is 2.11. The molecule has 4 nitrogen and oxygen atoms in total. The summed E-state index contributed by atoms with van der Waals surface area (Å²) in [5, 5.41) is 4.26. The van der Waals surface area contributed by atoms with E-state index in [0.717, 1.165) is 0 Å². The molecule has 76 valence electrons. The highest BCUT2D eigenvalue weighted by atomic mass is 35.5. The van der Waals surface area contributed by atoms with Gasteiger partial charge in [0, 0.05) is 19.2 Å². The van der Waals surface area contributed by atoms with Crippen LogP contribution in [0.25, 0.3) is 0 Å². The van der Waals surface area contributed by atoms with E-state index in [1.165, 1.54) is 6.20 Å². The van der Waals surface area contributed by atoms with E-state index in [4.69, 9.17) is 21.2 Å². The first-order chi connectivity index (χ1) is 6.72. The average Bonchev–Trinajstić information content (AvgIpc) is 2.17. The molecule has 0 aliphatic rings. The maximum atomic E-state index is 5.65. The third kappa shape index (κ3) is 3.62. The molecule has 5 heteroatoms. The Morgan fingerprint density at radius 2 is 2.36 bits per heavy atom. The maximum Gasteiger partial charge on any atom is 0.248 e. The lowest BCUT2D eigenvalue weighted by atomic mass is 10.5. The van der Waals surface area contributed by atoms with Gasteiger partial charge in [0.15, 0.2) is 0 Å². The number of aromatic nitrogens is 1. The van der Waals surface area contributed by atoms with Gasteiger partial charge in [-0.25, -0.2) is 4.98 Å². The van der Waals surface area contributed by atoms with E-state index in [1.54, 1.807) is 19.1 Å². The largest absolute Gasteiger partial charge is 0.479 e. The Labute approximate surface area is 87.5 Å². The molecule has 0 spiro atoms. The minimum atomic E-state index is 0.383. The highest BCUT2D eigenvalue weighted by Gasteiger charge is 1.95. The number of hydrogen-bond acceptors (Lipinski definition) is 4. The molecule has 1 aromatic heterocycles. The van der Waals surface area contributed by atoms with E-state index < -0.39 is 0 Å². The van der Waals surface area contributed by atoms with Gasteiger partial charge in [0.05, 0.1) is 11.6 Å². The molecule has 1 heterocycles. The number of nitrogens with zero attached hydrogens (tertiary/aromatic N) is 2. The van der Waals surface area contributed by atoms with Gasteiger partial charge in [-0.15, -0.1) is 0 Å². The van der Waals surface area contributed by atoms with E-state index in [0.29, 0.717) is 23.4 Å². The smallest absolute Gasteiger partial charge is 0.248 e. The second-order valence-electron chi connectivity index (χ2n) is 2.45. The van der Waals surface area contributed by atoms with Crippen LogP contribution >= 0.6 is 11.6 Å². The zero-order valence-electron chi connectivity index (χ0n) is 8.03. The molecule has 0 N–H and O–H groups in total. The molecule has 0 bridgehead atoms. The highest BCUT2D eigenvalue weighted by molar-refractivity contribution is 6.30. The van der Waals surface area contributed by atoms with Gasteiger partial charge >= 0.3 is 0 Å². The van der Waals surface area contributed by atoms with Crippen molar-refractivity contribution in [3.8, 4) is 5.88 Å². The molecule has 14 heavy (non-hydrogen) atoms. The Kier molecular flexibility index (Phi) is 4.19. The van der Waals surface area contributed by atoms with E-state index >= 15 is 0 Å². The van der Waals surface area contributed by atoms with Crippen molar-refractivity contribution in [1.29, 1.82) is 0 Å². The molecular formula is C9H11ClN2O2. The topological polar surface area (TPSA) is 43.7 Å². The van der Waals surface area contributed by atoms with Crippen LogP contribution in [0.5, 0.6) is 5.88 Å². The average molecular weight is 215 g/mol. The summed E-state index contributed by atoms with van der Waals surface area (Å²) in [6.45, 7) is 4.14. The molecule has 0 radical (unpaired) electrons. The van der Waals surface area contributed by atoms with Gasteiger partial charge in [0.2, 0.25) is 11.8 Å². The van der Waals surface area contributed by atoms with Gasteiger partial charge in [0.25, 0.3) is 0 Å². The molecule has 0 fully saturated rings. The van der Waals surface area contributed by atoms with Crippen molar-refractivity contribution >= 4 is 17.5 Å². The molecule has 1 rings (SSSR count). The van der Waals surface area contributed by atoms with Crippen LogP contribution in [0.1, 0.15) is 13.8 Å². The van der Waals surface area contributed by atoms with Crippen LogP contribution in [0.15, 0.2) is 23.5 Å². The zero-order valence-corrected chi connectivity index (χ0v) is 8.78. The quantitative estimate of drug-likeness (QED) is 0.441. The maximum absolute atomic E-state index is 5.65. The van der Waals surface area contributed by atoms with Crippen LogP contribution < -0.4 is 4.84 Å². The van der Waals surface area contributed by atoms with Crippen LogP contribution in [0, 0.1) is 0 Å². The number of halogens is 1. The van der Waals surface area contributed by atoms with Crippen molar-refractivity contribution in [2.24, 2.45) is 5.16 Å². The standard InChI is InChI=1S/C9H11ClN2O2/c1-3-13-7(2)12-14-9-5-4-8(10)6-11-9/h4-6H,3H2,1-2H3. The molecule has 0 saturated heterocycles. The Balaban J connectivity index is 2.53. The summed E-state index contributed by atoms with van der Waals surface area (Å²) in [5.41, 5.74) is 0. The molecule has 0 atom stereocenters. The number of pyridine rings is 1. The Hall–Kier alpha value is -1.29. The second kappa shape index (κ2) is 5.44. The van der Waals surface area contributed by atoms with Gasteiger partial charge in [0.1, 0.15) is 0 Å². The van der Waals surface area contributed by atoms with Crippen molar-refractivity contribution in [2.75, 3.05) is 6.61 Å². The van der Waals surface area contributed by atoms with Crippen molar-refractivity contribution in [3.63, 3.8) is 0 Å². The summed E-state index contributed by atoms with van der Waals surface area (Å²) in [4.78, 5) is 8.86. The fourth-order valence-corrected chi connectivity index (χ4v) is 0.874. The summed E-state index contributed by atoms with van der Waals surface area (Å²) in [6.07, 6.45) is 1.49. The SMILES string of the molecule is CCOC(C)=NOc1ccc(Cl)cn1. The van der Waals surface area contributed by atoms with E-state index in [2.05, 4.69) is 10.1 Å². The van der Waals surface area contributed by atoms with E-state index in [9.17, 15) is 0 Å². The first kappa shape index (κ1) is 10.8. The first-order valence-electron chi connectivity index (χ1n) is 4.18. The van der Waals surface area contributed by atoms with Gasteiger partial charge in [-0.3, -0.25) is 0 Å². The van der Waals surface area contributed by atoms with Crippen LogP contribution in [0.4, 0.5) is 0 Å². The van der Waals surface area contributed by atoms with Crippen molar-refractivity contribution in [3.05, 3.63) is 23.4 Å². The molecule has 0 aromatic carbocycles. The van der Waals surface area contributed by atoms with E-state index in [1.807, 2.05) is 6.92 Å². The molecule has 0 unspecified atom stereocenters. The Bertz CT molecular complexity index is 311. The minimum absolute atomic E-state index is 0.383. The summed E-state index contributed by atoms with van der Waals surface area (Å²) < 4.78 is 5.06. The Morgan fingerprint density at radius 1 is 1.57 bits per heavy atom. The lowest BCUT2D eigenvalue weighted by Gasteiger charge is -2.01. The van der Waals surface area contributed by atoms with Gasteiger partial charge in [-0.05, 0) is 18.1 Å². The second-order valence-corrected chi connectivity index (χ2v) is 2.89. The fourth-order valence-electron chi connectivity index (χ4n) is 0.763. The van der Waals surface area contributed by atoms with Gasteiger partial charge in [-0.1, -0.05) is 11.6 Å². The van der Waals surface area contributed by atoms with Crippen molar-refractivity contribution in [1.82, 2.24) is 4.98 Å². The van der Waals surface area contributed by atoms with Crippen LogP contribution in [0.3, 0.4) is 0 Å². The summed E-state index contributed by atoms with van der Waals surface area (Å²) >= 11 is 5.65. The normalized spacial score (nSPS) is 11.2. The number of rotatable bonds is 3. The molecule has 0 aliphatic carbocycles. The lowest BCUT2D eigenvalue weighted by Crippen LogP contribution is -2.01.